The van der Waals surface area contributed by atoms with Gasteiger partial charge in [0.15, 0.2) is 0 Å². The molecule has 2 atom stereocenters. The van der Waals surface area contributed by atoms with Crippen molar-refractivity contribution in [1.29, 1.82) is 0 Å². The van der Waals surface area contributed by atoms with Crippen LogP contribution in [0, 0.1) is 11.8 Å². The monoisotopic (exact) mass is 288 g/mol. The Kier molecular flexibility index (Phi) is 3.82. The molecule has 3 rings (SSSR count). The van der Waals surface area contributed by atoms with Gasteiger partial charge in [-0.2, -0.15) is 0 Å². The van der Waals surface area contributed by atoms with Gasteiger partial charge in [0.2, 0.25) is 11.8 Å². The summed E-state index contributed by atoms with van der Waals surface area (Å²) in [5.74, 6) is 1.01. The Morgan fingerprint density at radius 2 is 2.05 bits per heavy atom. The number of nitrogens with one attached hydrogen (secondary N) is 2. The maximum absolute atomic E-state index is 12.3. The summed E-state index contributed by atoms with van der Waals surface area (Å²) in [4.78, 5) is 23.5. The zero-order valence-electron chi connectivity index (χ0n) is 12.1. The lowest BCUT2D eigenvalue weighted by Crippen LogP contribution is -2.35. The molecule has 0 aromatic heterocycles. The molecule has 2 fully saturated rings. The summed E-state index contributed by atoms with van der Waals surface area (Å²) in [7, 11) is 1.64. The standard InChI is InChI=1S/C16H20N2O3/c1-21-13-6-4-11(5-7-13)15(10-2-3-10)18-16(20)12-8-14(19)17-9-12/h4-7,10,12,15H,2-3,8-9H2,1H3,(H,17,19)(H,18,20). The van der Waals surface area contributed by atoms with Crippen molar-refractivity contribution in [3.8, 4) is 5.75 Å². The molecule has 1 heterocycles. The highest BCUT2D eigenvalue weighted by molar-refractivity contribution is 5.89. The first-order chi connectivity index (χ1) is 10.2. The molecule has 0 spiro atoms. The molecule has 5 nitrogen and oxygen atoms in total. The molecule has 1 aliphatic heterocycles. The Hall–Kier alpha value is -2.04. The van der Waals surface area contributed by atoms with Gasteiger partial charge in [-0.3, -0.25) is 9.59 Å². The summed E-state index contributed by atoms with van der Waals surface area (Å²) >= 11 is 0. The van der Waals surface area contributed by atoms with Crippen LogP contribution in [0.5, 0.6) is 5.75 Å². The van der Waals surface area contributed by atoms with E-state index in [0.717, 1.165) is 24.2 Å². The summed E-state index contributed by atoms with van der Waals surface area (Å²) in [5.41, 5.74) is 1.10. The van der Waals surface area contributed by atoms with Gasteiger partial charge in [0.05, 0.1) is 19.1 Å². The molecule has 2 N–H and O–H groups in total. The van der Waals surface area contributed by atoms with Crippen LogP contribution in [0.1, 0.15) is 30.9 Å². The molecule has 1 aromatic carbocycles. The molecule has 1 saturated carbocycles. The first-order valence-electron chi connectivity index (χ1n) is 7.38. The third-order valence-electron chi connectivity index (χ3n) is 4.21. The maximum Gasteiger partial charge on any atom is 0.225 e. The van der Waals surface area contributed by atoms with Crippen LogP contribution in [-0.4, -0.2) is 25.5 Å². The first kappa shape index (κ1) is 13.9. The summed E-state index contributed by atoms with van der Waals surface area (Å²) in [6.07, 6.45) is 2.57. The molecule has 1 aromatic rings. The van der Waals surface area contributed by atoms with E-state index in [1.165, 1.54) is 0 Å². The van der Waals surface area contributed by atoms with E-state index in [1.54, 1.807) is 7.11 Å². The zero-order chi connectivity index (χ0) is 14.8. The van der Waals surface area contributed by atoms with Crippen molar-refractivity contribution in [2.24, 2.45) is 11.8 Å². The Balaban J connectivity index is 1.69. The minimum Gasteiger partial charge on any atom is -0.497 e. The minimum absolute atomic E-state index is 0.0268. The van der Waals surface area contributed by atoms with Gasteiger partial charge in [-0.05, 0) is 36.5 Å². The minimum atomic E-state index is -0.239. The molecule has 21 heavy (non-hydrogen) atoms. The Labute approximate surface area is 124 Å². The predicted molar refractivity (Wildman–Crippen MR) is 77.7 cm³/mol. The predicted octanol–water partition coefficient (Wildman–Crippen LogP) is 1.40. The first-order valence-corrected chi connectivity index (χ1v) is 7.38. The van der Waals surface area contributed by atoms with Crippen molar-refractivity contribution >= 4 is 11.8 Å². The number of carbonyl (C=O) groups is 2. The summed E-state index contributed by atoms with van der Waals surface area (Å²) in [6.45, 7) is 0.449. The number of benzene rings is 1. The second kappa shape index (κ2) is 5.76. The Morgan fingerprint density at radius 1 is 1.33 bits per heavy atom. The number of rotatable bonds is 5. The van der Waals surface area contributed by atoms with Gasteiger partial charge in [0.1, 0.15) is 5.75 Å². The van der Waals surface area contributed by atoms with Crippen molar-refractivity contribution in [1.82, 2.24) is 10.6 Å². The molecule has 2 amide bonds. The van der Waals surface area contributed by atoms with Crippen LogP contribution in [0.4, 0.5) is 0 Å². The Bertz CT molecular complexity index is 537. The van der Waals surface area contributed by atoms with Gasteiger partial charge in [-0.25, -0.2) is 0 Å². The highest BCUT2D eigenvalue weighted by Gasteiger charge is 2.36. The van der Waals surface area contributed by atoms with Crippen LogP contribution in [0.3, 0.4) is 0 Å². The van der Waals surface area contributed by atoms with Gasteiger partial charge < -0.3 is 15.4 Å². The van der Waals surface area contributed by atoms with Crippen LogP contribution < -0.4 is 15.4 Å². The van der Waals surface area contributed by atoms with Gasteiger partial charge in [-0.1, -0.05) is 12.1 Å². The third-order valence-corrected chi connectivity index (χ3v) is 4.21. The van der Waals surface area contributed by atoms with E-state index in [2.05, 4.69) is 10.6 Å². The highest BCUT2D eigenvalue weighted by atomic mass is 16.5. The lowest BCUT2D eigenvalue weighted by molar-refractivity contribution is -0.127. The third kappa shape index (κ3) is 3.17. The molecule has 1 aliphatic carbocycles. The molecule has 0 bridgehead atoms. The van der Waals surface area contributed by atoms with Gasteiger partial charge in [-0.15, -0.1) is 0 Å². The number of ether oxygens (including phenoxy) is 1. The average Bonchev–Trinajstić information content (AvgIpc) is 3.25. The fourth-order valence-corrected chi connectivity index (χ4v) is 2.78. The topological polar surface area (TPSA) is 67.4 Å². The summed E-state index contributed by atoms with van der Waals surface area (Å²) in [5, 5.41) is 5.83. The van der Waals surface area contributed by atoms with Crippen molar-refractivity contribution in [2.45, 2.75) is 25.3 Å². The largest absolute Gasteiger partial charge is 0.497 e. The molecular weight excluding hydrogens is 268 g/mol. The van der Waals surface area contributed by atoms with Crippen LogP contribution in [0.25, 0.3) is 0 Å². The molecule has 2 aliphatic rings. The van der Waals surface area contributed by atoms with E-state index < -0.39 is 0 Å². The van der Waals surface area contributed by atoms with Crippen molar-refractivity contribution in [2.75, 3.05) is 13.7 Å². The average molecular weight is 288 g/mol. The van der Waals surface area contributed by atoms with Gasteiger partial charge in [0, 0.05) is 13.0 Å². The van der Waals surface area contributed by atoms with E-state index in [9.17, 15) is 9.59 Å². The number of carbonyl (C=O) groups excluding carboxylic acids is 2. The summed E-state index contributed by atoms with van der Waals surface area (Å²) in [6, 6.07) is 7.87. The molecule has 112 valence electrons. The lowest BCUT2D eigenvalue weighted by Gasteiger charge is -2.21. The van der Waals surface area contributed by atoms with E-state index >= 15 is 0 Å². The van der Waals surface area contributed by atoms with Crippen LogP contribution >= 0.6 is 0 Å². The summed E-state index contributed by atoms with van der Waals surface area (Å²) < 4.78 is 5.17. The Morgan fingerprint density at radius 3 is 2.57 bits per heavy atom. The molecule has 5 heteroatoms. The van der Waals surface area contributed by atoms with E-state index in [-0.39, 0.29) is 23.8 Å². The molecule has 1 saturated heterocycles. The second-order valence-corrected chi connectivity index (χ2v) is 5.80. The van der Waals surface area contributed by atoms with E-state index in [0.29, 0.717) is 18.9 Å². The van der Waals surface area contributed by atoms with Crippen LogP contribution in [0.15, 0.2) is 24.3 Å². The SMILES string of the molecule is COc1ccc(C(NC(=O)C2CNC(=O)C2)C2CC2)cc1. The van der Waals surface area contributed by atoms with Crippen molar-refractivity contribution < 1.29 is 14.3 Å². The second-order valence-electron chi connectivity index (χ2n) is 5.80. The van der Waals surface area contributed by atoms with Gasteiger partial charge >= 0.3 is 0 Å². The van der Waals surface area contributed by atoms with E-state index in [1.807, 2.05) is 24.3 Å². The molecular formula is C16H20N2O3. The molecule has 0 radical (unpaired) electrons. The maximum atomic E-state index is 12.3. The van der Waals surface area contributed by atoms with Crippen molar-refractivity contribution in [3.63, 3.8) is 0 Å². The van der Waals surface area contributed by atoms with Gasteiger partial charge in [0.25, 0.3) is 0 Å². The fourth-order valence-electron chi connectivity index (χ4n) is 2.78. The number of hydrogen-bond donors (Lipinski definition) is 2. The number of amides is 2. The smallest absolute Gasteiger partial charge is 0.225 e. The number of methoxy groups -OCH3 is 1. The van der Waals surface area contributed by atoms with Crippen LogP contribution in [-0.2, 0) is 9.59 Å². The quantitative estimate of drug-likeness (QED) is 0.860. The lowest BCUT2D eigenvalue weighted by atomic mass is 10.00. The molecule has 2 unspecified atom stereocenters. The normalized spacial score (nSPS) is 22.5. The fraction of sp³-hybridized carbons (Fsp3) is 0.500. The van der Waals surface area contributed by atoms with Crippen molar-refractivity contribution in [3.05, 3.63) is 29.8 Å². The zero-order valence-corrected chi connectivity index (χ0v) is 12.1. The highest BCUT2D eigenvalue weighted by Crippen LogP contribution is 2.41. The van der Waals surface area contributed by atoms with E-state index in [4.69, 9.17) is 4.74 Å². The number of hydrogen-bond acceptors (Lipinski definition) is 3. The van der Waals surface area contributed by atoms with Crippen LogP contribution in [0.2, 0.25) is 0 Å².